The van der Waals surface area contributed by atoms with Gasteiger partial charge in [-0.1, -0.05) is 18.2 Å². The topological polar surface area (TPSA) is 120 Å². The molecule has 0 spiro atoms. The summed E-state index contributed by atoms with van der Waals surface area (Å²) in [5.41, 5.74) is 3.15. The molecule has 0 saturated carbocycles. The van der Waals surface area contributed by atoms with Crippen LogP contribution in [0.4, 0.5) is 0 Å². The second-order valence-electron chi connectivity index (χ2n) is 9.97. The average Bonchev–Trinajstić information content (AvgIpc) is 3.69. The van der Waals surface area contributed by atoms with Gasteiger partial charge < -0.3 is 19.4 Å². The van der Waals surface area contributed by atoms with Gasteiger partial charge in [-0.25, -0.2) is 15.0 Å². The number of aromatic nitrogens is 4. The number of pyridine rings is 2. The Bertz CT molecular complexity index is 1520. The van der Waals surface area contributed by atoms with Crippen molar-refractivity contribution in [1.29, 1.82) is 5.26 Å². The van der Waals surface area contributed by atoms with Crippen LogP contribution in [0.15, 0.2) is 54.9 Å². The Labute approximate surface area is 226 Å². The predicted octanol–water partition coefficient (Wildman–Crippen LogP) is 3.44. The molecule has 10 nitrogen and oxygen atoms in total. The fourth-order valence-electron chi connectivity index (χ4n) is 5.42. The van der Waals surface area contributed by atoms with Crippen LogP contribution in [0, 0.1) is 17.2 Å². The molecule has 10 heteroatoms. The van der Waals surface area contributed by atoms with Crippen LogP contribution in [-0.4, -0.2) is 82.1 Å². The summed E-state index contributed by atoms with van der Waals surface area (Å²) in [5.74, 6) is 1.56. The van der Waals surface area contributed by atoms with Gasteiger partial charge in [0.25, 0.3) is 5.91 Å². The third-order valence-corrected chi connectivity index (χ3v) is 7.47. The highest BCUT2D eigenvalue weighted by Crippen LogP contribution is 2.33. The first kappa shape index (κ1) is 25.0. The van der Waals surface area contributed by atoms with Crippen molar-refractivity contribution in [2.45, 2.75) is 12.5 Å². The van der Waals surface area contributed by atoms with Crippen molar-refractivity contribution in [3.05, 3.63) is 71.9 Å². The largest absolute Gasteiger partial charge is 0.480 e. The van der Waals surface area contributed by atoms with E-state index in [-0.39, 0.29) is 17.6 Å². The van der Waals surface area contributed by atoms with E-state index in [0.29, 0.717) is 36.3 Å². The Morgan fingerprint density at radius 3 is 2.87 bits per heavy atom. The molecule has 4 aromatic rings. The van der Waals surface area contributed by atoms with Crippen LogP contribution in [0.3, 0.4) is 0 Å². The number of methoxy groups -OCH3 is 1. The molecule has 5 heterocycles. The number of nitriles is 1. The first-order valence-corrected chi connectivity index (χ1v) is 13.1. The molecule has 198 valence electrons. The molecule has 1 amide bonds. The molecule has 0 aliphatic carbocycles. The fraction of sp³-hybridized carbons (Fsp3) is 0.345. The highest BCUT2D eigenvalue weighted by atomic mass is 16.5. The molecule has 3 aromatic heterocycles. The maximum atomic E-state index is 13.7. The molecular formula is C29H29N7O3. The summed E-state index contributed by atoms with van der Waals surface area (Å²) in [6.07, 6.45) is 4.30. The zero-order valence-corrected chi connectivity index (χ0v) is 21.7. The summed E-state index contributed by atoms with van der Waals surface area (Å²) in [6.45, 7) is 4.47. The number of rotatable bonds is 6. The van der Waals surface area contributed by atoms with Crippen molar-refractivity contribution < 1.29 is 14.3 Å². The summed E-state index contributed by atoms with van der Waals surface area (Å²) < 4.78 is 11.2. The van der Waals surface area contributed by atoms with Crippen LogP contribution in [0.2, 0.25) is 0 Å². The van der Waals surface area contributed by atoms with Gasteiger partial charge in [-0.3, -0.25) is 9.69 Å². The number of imidazole rings is 1. The molecule has 6 rings (SSSR count). The van der Waals surface area contributed by atoms with Crippen molar-refractivity contribution in [2.75, 3.05) is 46.5 Å². The number of ether oxygens (including phenoxy) is 2. The minimum Gasteiger partial charge on any atom is -0.480 e. The van der Waals surface area contributed by atoms with Crippen LogP contribution in [0.1, 0.15) is 34.3 Å². The minimum absolute atomic E-state index is 0.135. The third kappa shape index (κ3) is 5.06. The predicted molar refractivity (Wildman–Crippen MR) is 144 cm³/mol. The van der Waals surface area contributed by atoms with Crippen LogP contribution < -0.4 is 4.74 Å². The van der Waals surface area contributed by atoms with E-state index in [1.54, 1.807) is 25.4 Å². The highest BCUT2D eigenvalue weighted by Gasteiger charge is 2.35. The standard InChI is InChI=1S/C29H29N7O3/c1-38-28-23(12-20-4-2-3-5-24(20)34-28)25-15-32-27(33-25)26-17-35(16-19-8-11-39-18-19)9-10-36(26)29(37)21-6-7-22(13-30)31-14-21/h2-7,12,14-15,19,26H,8-11,16-18H2,1H3,(H,32,33). The summed E-state index contributed by atoms with van der Waals surface area (Å²) in [4.78, 5) is 34.9. The van der Waals surface area contributed by atoms with Crippen molar-refractivity contribution in [2.24, 2.45) is 5.92 Å². The average molecular weight is 524 g/mol. The van der Waals surface area contributed by atoms with E-state index >= 15 is 0 Å². The first-order chi connectivity index (χ1) is 19.1. The molecule has 0 radical (unpaired) electrons. The number of carbonyl (C=O) groups excluding carboxylic acids is 1. The molecule has 1 aromatic carbocycles. The molecular weight excluding hydrogens is 494 g/mol. The number of amides is 1. The zero-order chi connectivity index (χ0) is 26.8. The second kappa shape index (κ2) is 10.8. The molecule has 2 aliphatic heterocycles. The van der Waals surface area contributed by atoms with Gasteiger partial charge in [-0.2, -0.15) is 5.26 Å². The van der Waals surface area contributed by atoms with Crippen LogP contribution in [0.25, 0.3) is 22.2 Å². The Morgan fingerprint density at radius 2 is 2.10 bits per heavy atom. The van der Waals surface area contributed by atoms with Gasteiger partial charge in [0.2, 0.25) is 5.88 Å². The quantitative estimate of drug-likeness (QED) is 0.408. The van der Waals surface area contributed by atoms with Gasteiger partial charge in [0.15, 0.2) is 0 Å². The van der Waals surface area contributed by atoms with Gasteiger partial charge in [0, 0.05) is 44.4 Å². The Morgan fingerprint density at radius 1 is 1.21 bits per heavy atom. The van der Waals surface area contributed by atoms with E-state index in [1.807, 2.05) is 41.3 Å². The van der Waals surface area contributed by atoms with E-state index in [4.69, 9.17) is 19.7 Å². The maximum absolute atomic E-state index is 13.7. The van der Waals surface area contributed by atoms with Crippen molar-refractivity contribution in [1.82, 2.24) is 29.7 Å². The number of carbonyl (C=O) groups is 1. The molecule has 2 atom stereocenters. The summed E-state index contributed by atoms with van der Waals surface area (Å²) >= 11 is 0. The number of nitrogens with zero attached hydrogens (tertiary/aromatic N) is 6. The number of fused-ring (bicyclic) bond motifs is 1. The number of benzene rings is 1. The number of hydrogen-bond donors (Lipinski definition) is 1. The van der Waals surface area contributed by atoms with Crippen molar-refractivity contribution in [3.63, 3.8) is 0 Å². The van der Waals surface area contributed by atoms with Gasteiger partial charge in [0.05, 0.1) is 42.3 Å². The van der Waals surface area contributed by atoms with Gasteiger partial charge in [0.1, 0.15) is 23.6 Å². The Balaban J connectivity index is 1.32. The maximum Gasteiger partial charge on any atom is 0.256 e. The number of para-hydroxylation sites is 1. The van der Waals surface area contributed by atoms with Crippen LogP contribution >= 0.6 is 0 Å². The van der Waals surface area contributed by atoms with Gasteiger partial charge in [-0.05, 0) is 36.6 Å². The molecule has 2 aliphatic rings. The molecule has 2 saturated heterocycles. The third-order valence-electron chi connectivity index (χ3n) is 7.47. The van der Waals surface area contributed by atoms with Gasteiger partial charge in [-0.15, -0.1) is 0 Å². The fourth-order valence-corrected chi connectivity index (χ4v) is 5.42. The van der Waals surface area contributed by atoms with E-state index in [2.05, 4.69) is 19.9 Å². The lowest BCUT2D eigenvalue weighted by atomic mass is 10.0. The molecule has 2 unspecified atom stereocenters. The minimum atomic E-state index is -0.294. The lowest BCUT2D eigenvalue weighted by molar-refractivity contribution is 0.0393. The van der Waals surface area contributed by atoms with E-state index < -0.39 is 0 Å². The van der Waals surface area contributed by atoms with Gasteiger partial charge >= 0.3 is 0 Å². The van der Waals surface area contributed by atoms with E-state index in [9.17, 15) is 4.79 Å². The summed E-state index contributed by atoms with van der Waals surface area (Å²) in [5, 5.41) is 10.1. The number of H-pyrrole nitrogens is 1. The lowest BCUT2D eigenvalue weighted by Crippen LogP contribution is -2.52. The van der Waals surface area contributed by atoms with Crippen LogP contribution in [0.5, 0.6) is 5.88 Å². The normalized spacial score (nSPS) is 19.7. The number of aromatic amines is 1. The monoisotopic (exact) mass is 523 g/mol. The first-order valence-electron chi connectivity index (χ1n) is 13.1. The lowest BCUT2D eigenvalue weighted by Gasteiger charge is -2.41. The molecule has 2 fully saturated rings. The summed E-state index contributed by atoms with van der Waals surface area (Å²) in [6, 6.07) is 14.9. The van der Waals surface area contributed by atoms with Crippen molar-refractivity contribution in [3.8, 4) is 23.2 Å². The summed E-state index contributed by atoms with van der Waals surface area (Å²) in [7, 11) is 1.61. The Kier molecular flexibility index (Phi) is 6.92. The van der Waals surface area contributed by atoms with Crippen molar-refractivity contribution >= 4 is 16.8 Å². The smallest absolute Gasteiger partial charge is 0.256 e. The SMILES string of the molecule is COc1nc2ccccc2cc1-c1cnc(C2CN(CC3CCOC3)CCN2C(=O)c2ccc(C#N)nc2)[nH]1. The Hall–Kier alpha value is -4.33. The highest BCUT2D eigenvalue weighted by molar-refractivity contribution is 5.94. The molecule has 1 N–H and O–H groups in total. The van der Waals surface area contributed by atoms with Crippen LogP contribution in [-0.2, 0) is 4.74 Å². The molecule has 0 bridgehead atoms. The number of hydrogen-bond acceptors (Lipinski definition) is 8. The van der Waals surface area contributed by atoms with E-state index in [1.165, 1.54) is 6.20 Å². The zero-order valence-electron chi connectivity index (χ0n) is 21.7. The molecule has 39 heavy (non-hydrogen) atoms. The number of nitrogens with one attached hydrogen (secondary N) is 1. The van der Waals surface area contributed by atoms with E-state index in [0.717, 1.165) is 54.9 Å². The second-order valence-corrected chi connectivity index (χ2v) is 9.97. The number of piperazine rings is 1.